The predicted molar refractivity (Wildman–Crippen MR) is 84.8 cm³/mol. The molecule has 0 saturated heterocycles. The van der Waals surface area contributed by atoms with Crippen molar-refractivity contribution in [3.05, 3.63) is 80.8 Å². The van der Waals surface area contributed by atoms with Crippen molar-refractivity contribution < 1.29 is 18.8 Å². The van der Waals surface area contributed by atoms with Crippen molar-refractivity contribution in [1.82, 2.24) is 0 Å². The van der Waals surface area contributed by atoms with Gasteiger partial charge in [0.1, 0.15) is 5.82 Å². The fourth-order valence-corrected chi connectivity index (χ4v) is 2.32. The van der Waals surface area contributed by atoms with Gasteiger partial charge in [0.2, 0.25) is 5.90 Å². The van der Waals surface area contributed by atoms with Gasteiger partial charge in [0.25, 0.3) is 5.69 Å². The summed E-state index contributed by atoms with van der Waals surface area (Å²) in [6, 6.07) is 10.3. The van der Waals surface area contributed by atoms with Gasteiger partial charge in [-0.05, 0) is 25.1 Å². The highest BCUT2D eigenvalue weighted by atomic mass is 19.1. The van der Waals surface area contributed by atoms with Gasteiger partial charge in [0.15, 0.2) is 5.70 Å². The van der Waals surface area contributed by atoms with E-state index in [0.717, 1.165) is 0 Å². The molecule has 0 aliphatic carbocycles. The molecule has 2 aromatic carbocycles. The monoisotopic (exact) mass is 326 g/mol. The standard InChI is InChI=1S/C17H11FN2O4/c1-10-12(6-4-8-15(10)20(22)23)16-19-14(17(21)24-16)9-11-5-2-3-7-13(11)18/h2-9H,1H3/b14-9-. The van der Waals surface area contributed by atoms with E-state index in [1.807, 2.05) is 0 Å². The lowest BCUT2D eigenvalue weighted by Crippen LogP contribution is -2.08. The summed E-state index contributed by atoms with van der Waals surface area (Å²) < 4.78 is 18.8. The molecule has 0 fully saturated rings. The summed E-state index contributed by atoms with van der Waals surface area (Å²) >= 11 is 0. The molecule has 0 radical (unpaired) electrons. The zero-order valence-corrected chi connectivity index (χ0v) is 12.5. The van der Waals surface area contributed by atoms with Gasteiger partial charge >= 0.3 is 5.97 Å². The molecular weight excluding hydrogens is 315 g/mol. The minimum Gasteiger partial charge on any atom is -0.402 e. The number of carbonyl (C=O) groups is 1. The van der Waals surface area contributed by atoms with E-state index in [1.165, 1.54) is 36.4 Å². The van der Waals surface area contributed by atoms with Crippen LogP contribution in [0.15, 0.2) is 53.2 Å². The van der Waals surface area contributed by atoms with Gasteiger partial charge in [-0.1, -0.05) is 24.3 Å². The maximum atomic E-state index is 13.7. The number of cyclic esters (lactones) is 1. The largest absolute Gasteiger partial charge is 0.402 e. The highest BCUT2D eigenvalue weighted by Gasteiger charge is 2.27. The Morgan fingerprint density at radius 2 is 1.96 bits per heavy atom. The van der Waals surface area contributed by atoms with E-state index in [-0.39, 0.29) is 22.8 Å². The quantitative estimate of drug-likeness (QED) is 0.375. The second-order valence-electron chi connectivity index (χ2n) is 5.06. The molecule has 1 aliphatic heterocycles. The molecule has 24 heavy (non-hydrogen) atoms. The van der Waals surface area contributed by atoms with Crippen molar-refractivity contribution in [2.45, 2.75) is 6.92 Å². The van der Waals surface area contributed by atoms with Crippen molar-refractivity contribution in [1.29, 1.82) is 0 Å². The smallest absolute Gasteiger partial charge is 0.363 e. The highest BCUT2D eigenvalue weighted by molar-refractivity contribution is 6.13. The third-order valence-electron chi connectivity index (χ3n) is 3.55. The summed E-state index contributed by atoms with van der Waals surface area (Å²) in [5.41, 5.74) is 0.708. The van der Waals surface area contributed by atoms with Crippen molar-refractivity contribution in [2.75, 3.05) is 0 Å². The Labute approximate surface area is 136 Å². The molecule has 0 amide bonds. The minimum absolute atomic E-state index is 0.0382. The van der Waals surface area contributed by atoms with E-state index >= 15 is 0 Å². The summed E-state index contributed by atoms with van der Waals surface area (Å²) in [4.78, 5) is 26.5. The number of halogens is 1. The fourth-order valence-electron chi connectivity index (χ4n) is 2.32. The average Bonchev–Trinajstić information content (AvgIpc) is 2.90. The number of rotatable bonds is 3. The number of nitro groups is 1. The summed E-state index contributed by atoms with van der Waals surface area (Å²) in [6.45, 7) is 1.54. The van der Waals surface area contributed by atoms with Crippen molar-refractivity contribution in [3.63, 3.8) is 0 Å². The lowest BCUT2D eigenvalue weighted by atomic mass is 10.1. The molecule has 3 rings (SSSR count). The van der Waals surface area contributed by atoms with Crippen LogP contribution in [-0.2, 0) is 9.53 Å². The van der Waals surface area contributed by atoms with E-state index in [2.05, 4.69) is 4.99 Å². The van der Waals surface area contributed by atoms with Crippen LogP contribution in [0, 0.1) is 22.9 Å². The zero-order chi connectivity index (χ0) is 17.3. The van der Waals surface area contributed by atoms with Crippen LogP contribution in [0.1, 0.15) is 16.7 Å². The van der Waals surface area contributed by atoms with Gasteiger partial charge < -0.3 is 4.74 Å². The summed E-state index contributed by atoms with van der Waals surface area (Å²) in [5.74, 6) is -1.27. The fraction of sp³-hybridized carbons (Fsp3) is 0.0588. The molecule has 0 atom stereocenters. The van der Waals surface area contributed by atoms with Crippen molar-refractivity contribution in [3.8, 4) is 0 Å². The van der Waals surface area contributed by atoms with Crippen LogP contribution in [0.25, 0.3) is 6.08 Å². The lowest BCUT2D eigenvalue weighted by Gasteiger charge is -2.04. The Balaban J connectivity index is 2.03. The number of benzene rings is 2. The molecule has 120 valence electrons. The number of carbonyl (C=O) groups excluding carboxylic acids is 1. The van der Waals surface area contributed by atoms with Crippen molar-refractivity contribution >= 4 is 23.6 Å². The summed E-state index contributed by atoms with van der Waals surface area (Å²) in [5, 5.41) is 11.0. The maximum Gasteiger partial charge on any atom is 0.363 e. The van der Waals surface area contributed by atoms with Crippen LogP contribution < -0.4 is 0 Å². The van der Waals surface area contributed by atoms with Crippen LogP contribution in [0.2, 0.25) is 0 Å². The van der Waals surface area contributed by atoms with E-state index < -0.39 is 16.7 Å². The molecule has 0 aromatic heterocycles. The third-order valence-corrected chi connectivity index (χ3v) is 3.55. The first-order valence-electron chi connectivity index (χ1n) is 6.99. The van der Waals surface area contributed by atoms with E-state index in [9.17, 15) is 19.3 Å². The number of nitro benzene ring substituents is 1. The Morgan fingerprint density at radius 3 is 2.67 bits per heavy atom. The molecule has 0 saturated carbocycles. The van der Waals surface area contributed by atoms with Crippen LogP contribution in [0.4, 0.5) is 10.1 Å². The normalized spacial score (nSPS) is 15.3. The first kappa shape index (κ1) is 15.5. The number of nitrogens with zero attached hydrogens (tertiary/aromatic N) is 2. The molecule has 7 heteroatoms. The molecule has 0 N–H and O–H groups in total. The Kier molecular flexibility index (Phi) is 3.91. The molecular formula is C17H11FN2O4. The van der Waals surface area contributed by atoms with Gasteiger partial charge in [0.05, 0.1) is 4.92 Å². The second-order valence-corrected chi connectivity index (χ2v) is 5.06. The van der Waals surface area contributed by atoms with Gasteiger partial charge in [-0.15, -0.1) is 0 Å². The molecule has 0 bridgehead atoms. The third kappa shape index (κ3) is 2.79. The van der Waals surface area contributed by atoms with Crippen LogP contribution in [0.3, 0.4) is 0 Å². The van der Waals surface area contributed by atoms with Crippen LogP contribution in [-0.4, -0.2) is 16.8 Å². The average molecular weight is 326 g/mol. The van der Waals surface area contributed by atoms with Gasteiger partial charge in [-0.2, -0.15) is 0 Å². The maximum absolute atomic E-state index is 13.7. The van der Waals surface area contributed by atoms with Gasteiger partial charge in [-0.25, -0.2) is 14.2 Å². The molecule has 0 spiro atoms. The Bertz CT molecular complexity index is 919. The van der Waals surface area contributed by atoms with E-state index in [0.29, 0.717) is 11.1 Å². The molecule has 0 unspecified atom stereocenters. The summed E-state index contributed by atoms with van der Waals surface area (Å²) in [6.07, 6.45) is 1.28. The molecule has 1 aliphatic rings. The number of ether oxygens (including phenoxy) is 1. The van der Waals surface area contributed by atoms with Crippen molar-refractivity contribution in [2.24, 2.45) is 4.99 Å². The summed E-state index contributed by atoms with van der Waals surface area (Å²) in [7, 11) is 0. The lowest BCUT2D eigenvalue weighted by molar-refractivity contribution is -0.385. The van der Waals surface area contributed by atoms with Gasteiger partial charge in [0, 0.05) is 22.8 Å². The highest BCUT2D eigenvalue weighted by Crippen LogP contribution is 2.26. The molecule has 6 nitrogen and oxygen atoms in total. The number of aliphatic imine (C=N–C) groups is 1. The SMILES string of the molecule is Cc1c(C2=N/C(=C\c3ccccc3F)C(=O)O2)cccc1[N+](=O)[O-]. The van der Waals surface area contributed by atoms with Crippen LogP contribution >= 0.6 is 0 Å². The number of hydrogen-bond acceptors (Lipinski definition) is 5. The van der Waals surface area contributed by atoms with E-state index in [1.54, 1.807) is 19.1 Å². The van der Waals surface area contributed by atoms with Gasteiger partial charge in [-0.3, -0.25) is 10.1 Å². The van der Waals surface area contributed by atoms with Crippen LogP contribution in [0.5, 0.6) is 0 Å². The Hall–Kier alpha value is -3.35. The van der Waals surface area contributed by atoms with E-state index in [4.69, 9.17) is 4.74 Å². The number of esters is 1. The number of hydrogen-bond donors (Lipinski definition) is 0. The minimum atomic E-state index is -0.737. The molecule has 1 heterocycles. The molecule has 2 aromatic rings. The second kappa shape index (κ2) is 6.04. The zero-order valence-electron chi connectivity index (χ0n) is 12.5. The predicted octanol–water partition coefficient (Wildman–Crippen LogP) is 3.39. The topological polar surface area (TPSA) is 81.8 Å². The first-order valence-corrected chi connectivity index (χ1v) is 6.99. The Morgan fingerprint density at radius 1 is 1.21 bits per heavy atom. The first-order chi connectivity index (χ1) is 11.5.